The van der Waals surface area contributed by atoms with Gasteiger partial charge in [-0.2, -0.15) is 0 Å². The highest BCUT2D eigenvalue weighted by molar-refractivity contribution is 5.41. The third kappa shape index (κ3) is 2.83. The van der Waals surface area contributed by atoms with Gasteiger partial charge in [0.2, 0.25) is 0 Å². The van der Waals surface area contributed by atoms with E-state index in [1.807, 2.05) is 0 Å². The smallest absolute Gasteiger partial charge is 0.123 e. The molecule has 2 nitrogen and oxygen atoms in total. The molecule has 3 rings (SSSR count). The molecule has 116 valence electrons. The Morgan fingerprint density at radius 1 is 1.29 bits per heavy atom. The second-order valence-corrected chi connectivity index (χ2v) is 7.61. The lowest BCUT2D eigenvalue weighted by atomic mass is 9.64. The number of hydrogen-bond acceptors (Lipinski definition) is 2. The maximum atomic E-state index is 5.84. The van der Waals surface area contributed by atoms with Gasteiger partial charge in [0.1, 0.15) is 11.9 Å². The monoisotopic (exact) mass is 287 g/mol. The Balaban J connectivity index is 1.88. The first-order valence-corrected chi connectivity index (χ1v) is 8.48. The summed E-state index contributed by atoms with van der Waals surface area (Å²) in [4.78, 5) is 0. The highest BCUT2D eigenvalue weighted by Gasteiger charge is 2.37. The number of hydrogen-bond donors (Lipinski definition) is 1. The molecule has 1 heterocycles. The first kappa shape index (κ1) is 14.9. The second-order valence-electron chi connectivity index (χ2n) is 7.61. The van der Waals surface area contributed by atoms with Crippen LogP contribution in [0.2, 0.25) is 0 Å². The van der Waals surface area contributed by atoms with Crippen molar-refractivity contribution in [3.05, 3.63) is 29.3 Å². The predicted octanol–water partition coefficient (Wildman–Crippen LogP) is 4.49. The van der Waals surface area contributed by atoms with E-state index in [-0.39, 0.29) is 0 Å². The maximum absolute atomic E-state index is 5.84. The van der Waals surface area contributed by atoms with Gasteiger partial charge in [-0.3, -0.25) is 0 Å². The van der Waals surface area contributed by atoms with E-state index in [9.17, 15) is 0 Å². The third-order valence-corrected chi connectivity index (χ3v) is 5.58. The molecule has 1 saturated carbocycles. The highest BCUT2D eigenvalue weighted by Crippen LogP contribution is 2.47. The van der Waals surface area contributed by atoms with Crippen molar-refractivity contribution in [2.24, 2.45) is 11.3 Å². The van der Waals surface area contributed by atoms with E-state index >= 15 is 0 Å². The van der Waals surface area contributed by atoms with Crippen molar-refractivity contribution in [2.75, 3.05) is 7.05 Å². The van der Waals surface area contributed by atoms with Crippen LogP contribution in [0, 0.1) is 11.3 Å². The molecule has 1 fully saturated rings. The summed E-state index contributed by atoms with van der Waals surface area (Å²) in [6.07, 6.45) is 6.82. The number of nitrogens with one attached hydrogen (secondary N) is 1. The minimum absolute atomic E-state index is 0.328. The maximum Gasteiger partial charge on any atom is 0.123 e. The van der Waals surface area contributed by atoms with Gasteiger partial charge >= 0.3 is 0 Å². The van der Waals surface area contributed by atoms with Crippen LogP contribution < -0.4 is 10.1 Å². The van der Waals surface area contributed by atoms with Crippen LogP contribution in [0.4, 0.5) is 0 Å². The van der Waals surface area contributed by atoms with Crippen LogP contribution in [0.5, 0.6) is 5.75 Å². The Kier molecular flexibility index (Phi) is 4.00. The number of rotatable bonds is 3. The molecule has 0 amide bonds. The first-order chi connectivity index (χ1) is 10.0. The second kappa shape index (κ2) is 5.64. The number of fused-ring (bicyclic) bond motifs is 1. The molecule has 21 heavy (non-hydrogen) atoms. The Bertz CT molecular complexity index is 508. The fraction of sp³-hybridized carbons (Fsp3) is 0.684. The van der Waals surface area contributed by atoms with Crippen molar-refractivity contribution in [2.45, 2.75) is 65.0 Å². The molecule has 1 aliphatic carbocycles. The highest BCUT2D eigenvalue weighted by atomic mass is 16.5. The summed E-state index contributed by atoms with van der Waals surface area (Å²) in [7, 11) is 2.11. The minimum atomic E-state index is 0.328. The van der Waals surface area contributed by atoms with Gasteiger partial charge in [-0.15, -0.1) is 0 Å². The van der Waals surface area contributed by atoms with Gasteiger partial charge in [0.15, 0.2) is 0 Å². The number of ether oxygens (including phenoxy) is 1. The molecule has 0 bridgehead atoms. The average Bonchev–Trinajstić information content (AvgIpc) is 2.80. The van der Waals surface area contributed by atoms with Crippen LogP contribution in [0.15, 0.2) is 18.2 Å². The minimum Gasteiger partial charge on any atom is -0.490 e. The van der Waals surface area contributed by atoms with Gasteiger partial charge in [-0.25, -0.2) is 0 Å². The van der Waals surface area contributed by atoms with E-state index in [0.29, 0.717) is 23.5 Å². The van der Waals surface area contributed by atoms with Gasteiger partial charge in [0.25, 0.3) is 0 Å². The molecule has 1 aliphatic heterocycles. The molecule has 1 aromatic carbocycles. The molecule has 3 atom stereocenters. The topological polar surface area (TPSA) is 21.3 Å². The Morgan fingerprint density at radius 3 is 2.81 bits per heavy atom. The Hall–Kier alpha value is -1.02. The van der Waals surface area contributed by atoms with Gasteiger partial charge < -0.3 is 10.1 Å². The lowest BCUT2D eigenvalue weighted by Crippen LogP contribution is -2.37. The summed E-state index contributed by atoms with van der Waals surface area (Å²) in [5, 5.41) is 3.61. The molecular formula is C19H29NO. The van der Waals surface area contributed by atoms with Crippen molar-refractivity contribution in [1.82, 2.24) is 5.32 Å². The van der Waals surface area contributed by atoms with E-state index in [1.54, 1.807) is 0 Å². The SMILES string of the molecule is CNC(c1ccc2c(c1)CC(C)O2)C1CCCCC1(C)C. The normalized spacial score (nSPS) is 28.8. The van der Waals surface area contributed by atoms with Crippen LogP contribution in [0.1, 0.15) is 63.6 Å². The molecule has 2 heteroatoms. The van der Waals surface area contributed by atoms with E-state index in [2.05, 4.69) is 51.3 Å². The molecule has 0 aromatic heterocycles. The summed E-state index contributed by atoms with van der Waals surface area (Å²) in [6.45, 7) is 7.04. The van der Waals surface area contributed by atoms with Crippen molar-refractivity contribution in [3.63, 3.8) is 0 Å². The first-order valence-electron chi connectivity index (χ1n) is 8.48. The summed E-state index contributed by atoms with van der Waals surface area (Å²) in [6, 6.07) is 7.28. The van der Waals surface area contributed by atoms with Crippen LogP contribution in [-0.2, 0) is 6.42 Å². The third-order valence-electron chi connectivity index (χ3n) is 5.58. The fourth-order valence-corrected chi connectivity index (χ4v) is 4.37. The summed E-state index contributed by atoms with van der Waals surface area (Å²) < 4.78 is 5.84. The molecule has 3 unspecified atom stereocenters. The largest absolute Gasteiger partial charge is 0.490 e. The zero-order valence-electron chi connectivity index (χ0n) is 13.9. The Labute approximate surface area is 129 Å². The van der Waals surface area contributed by atoms with Crippen LogP contribution in [0.25, 0.3) is 0 Å². The predicted molar refractivity (Wildman–Crippen MR) is 87.8 cm³/mol. The van der Waals surface area contributed by atoms with E-state index in [1.165, 1.54) is 36.8 Å². The Morgan fingerprint density at radius 2 is 2.10 bits per heavy atom. The molecule has 1 aromatic rings. The summed E-state index contributed by atoms with van der Waals surface area (Å²) in [5.74, 6) is 1.80. The number of benzene rings is 1. The van der Waals surface area contributed by atoms with Crippen molar-refractivity contribution in [3.8, 4) is 5.75 Å². The van der Waals surface area contributed by atoms with E-state index in [0.717, 1.165) is 12.2 Å². The van der Waals surface area contributed by atoms with E-state index in [4.69, 9.17) is 4.74 Å². The molecule has 0 saturated heterocycles. The van der Waals surface area contributed by atoms with Crippen LogP contribution in [0.3, 0.4) is 0 Å². The van der Waals surface area contributed by atoms with Crippen LogP contribution >= 0.6 is 0 Å². The van der Waals surface area contributed by atoms with Gasteiger partial charge in [-0.1, -0.05) is 38.8 Å². The fourth-order valence-electron chi connectivity index (χ4n) is 4.37. The molecule has 0 radical (unpaired) electrons. The molecular weight excluding hydrogens is 258 g/mol. The zero-order chi connectivity index (χ0) is 15.0. The van der Waals surface area contributed by atoms with E-state index < -0.39 is 0 Å². The molecule has 0 spiro atoms. The summed E-state index contributed by atoms with van der Waals surface area (Å²) >= 11 is 0. The average molecular weight is 287 g/mol. The van der Waals surface area contributed by atoms with Gasteiger partial charge in [-0.05, 0) is 55.3 Å². The lowest BCUT2D eigenvalue weighted by molar-refractivity contribution is 0.101. The van der Waals surface area contributed by atoms with Crippen LogP contribution in [-0.4, -0.2) is 13.2 Å². The molecule has 1 N–H and O–H groups in total. The quantitative estimate of drug-likeness (QED) is 0.884. The van der Waals surface area contributed by atoms with Crippen molar-refractivity contribution < 1.29 is 4.74 Å². The van der Waals surface area contributed by atoms with Crippen molar-refractivity contribution in [1.29, 1.82) is 0 Å². The zero-order valence-corrected chi connectivity index (χ0v) is 13.9. The van der Waals surface area contributed by atoms with Crippen molar-refractivity contribution >= 4 is 0 Å². The molecule has 2 aliphatic rings. The van der Waals surface area contributed by atoms with Gasteiger partial charge in [0.05, 0.1) is 0 Å². The van der Waals surface area contributed by atoms with Gasteiger partial charge in [0, 0.05) is 12.5 Å². The lowest BCUT2D eigenvalue weighted by Gasteiger charge is -2.43. The summed E-state index contributed by atoms with van der Waals surface area (Å²) in [5.41, 5.74) is 3.25. The standard InChI is InChI=1S/C19H29NO/c1-13-11-15-12-14(8-9-17(15)21-13)18(20-4)16-7-5-6-10-19(16,2)3/h8-9,12-13,16,18,20H,5-7,10-11H2,1-4H3.